The van der Waals surface area contributed by atoms with Gasteiger partial charge in [0.15, 0.2) is 5.96 Å². The van der Waals surface area contributed by atoms with Crippen LogP contribution in [-0.2, 0) is 11.3 Å². The fourth-order valence-electron chi connectivity index (χ4n) is 2.59. The zero-order chi connectivity index (χ0) is 16.8. The molecule has 0 aliphatic carbocycles. The van der Waals surface area contributed by atoms with Crippen LogP contribution in [0.25, 0.3) is 0 Å². The minimum absolute atomic E-state index is 0. The van der Waals surface area contributed by atoms with E-state index in [4.69, 9.17) is 0 Å². The Morgan fingerprint density at radius 1 is 1.54 bits per heavy atom. The first-order valence-electron chi connectivity index (χ1n) is 8.24. The van der Waals surface area contributed by atoms with E-state index in [2.05, 4.69) is 27.5 Å². The molecule has 1 unspecified atom stereocenters. The van der Waals surface area contributed by atoms with Crippen molar-refractivity contribution >= 4 is 47.2 Å². The molecule has 0 aromatic carbocycles. The van der Waals surface area contributed by atoms with E-state index in [1.807, 2.05) is 31.9 Å². The number of amides is 1. The first kappa shape index (κ1) is 21.1. The summed E-state index contributed by atoms with van der Waals surface area (Å²) in [5.41, 5.74) is 0. The van der Waals surface area contributed by atoms with E-state index in [9.17, 15) is 4.79 Å². The minimum Gasteiger partial charge on any atom is -0.357 e. The Labute approximate surface area is 165 Å². The summed E-state index contributed by atoms with van der Waals surface area (Å²) >= 11 is 1.67. The molecule has 1 aromatic heterocycles. The molecule has 6 nitrogen and oxygen atoms in total. The predicted octanol–water partition coefficient (Wildman–Crippen LogP) is 2.38. The fourth-order valence-corrected chi connectivity index (χ4v) is 3.31. The van der Waals surface area contributed by atoms with E-state index < -0.39 is 0 Å². The van der Waals surface area contributed by atoms with Crippen LogP contribution >= 0.6 is 35.3 Å². The lowest BCUT2D eigenvalue weighted by molar-refractivity contribution is -0.133. The van der Waals surface area contributed by atoms with Crippen LogP contribution in [-0.4, -0.2) is 47.4 Å². The summed E-state index contributed by atoms with van der Waals surface area (Å²) < 4.78 is 0. The topological polar surface area (TPSA) is 69.6 Å². The molecule has 2 heterocycles. The zero-order valence-corrected chi connectivity index (χ0v) is 18.0. The molecule has 136 valence electrons. The molecule has 1 aliphatic rings. The number of aryl methyl sites for hydroxylation is 1. The van der Waals surface area contributed by atoms with E-state index in [-0.39, 0.29) is 41.8 Å². The number of aromatic nitrogens is 1. The number of hydrogen-bond acceptors (Lipinski definition) is 4. The molecule has 1 fully saturated rings. The van der Waals surface area contributed by atoms with E-state index in [0.29, 0.717) is 6.54 Å². The normalized spacial score (nSPS) is 17.8. The quantitative estimate of drug-likeness (QED) is 0.398. The zero-order valence-electron chi connectivity index (χ0n) is 14.8. The third kappa shape index (κ3) is 6.19. The van der Waals surface area contributed by atoms with Gasteiger partial charge in [-0.25, -0.2) is 9.98 Å². The van der Waals surface area contributed by atoms with Crippen molar-refractivity contribution in [1.29, 1.82) is 0 Å². The van der Waals surface area contributed by atoms with Gasteiger partial charge in [-0.3, -0.25) is 4.79 Å². The highest BCUT2D eigenvalue weighted by atomic mass is 127. The Morgan fingerprint density at radius 2 is 2.29 bits per heavy atom. The highest BCUT2D eigenvalue weighted by Crippen LogP contribution is 2.14. The van der Waals surface area contributed by atoms with Gasteiger partial charge >= 0.3 is 0 Å². The number of aliphatic imine (C=N–C) groups is 1. The molecule has 2 N–H and O–H groups in total. The predicted molar refractivity (Wildman–Crippen MR) is 110 cm³/mol. The summed E-state index contributed by atoms with van der Waals surface area (Å²) in [5, 5.41) is 7.78. The molecule has 1 aliphatic heterocycles. The highest BCUT2D eigenvalue weighted by Gasteiger charge is 2.27. The number of carbonyl (C=O) groups is 1. The maximum Gasteiger partial charge on any atom is 0.225 e. The van der Waals surface area contributed by atoms with Crippen LogP contribution in [0.5, 0.6) is 0 Å². The average molecular weight is 465 g/mol. The molecule has 2 rings (SSSR count). The summed E-state index contributed by atoms with van der Waals surface area (Å²) in [6.45, 7) is 11.0. The Morgan fingerprint density at radius 3 is 2.88 bits per heavy atom. The second-order valence-electron chi connectivity index (χ2n) is 6.11. The number of hydrogen-bond donors (Lipinski definition) is 2. The number of nitrogens with one attached hydrogen (secondary N) is 2. The van der Waals surface area contributed by atoms with E-state index >= 15 is 0 Å². The smallest absolute Gasteiger partial charge is 0.225 e. The highest BCUT2D eigenvalue weighted by molar-refractivity contribution is 14.0. The SMILES string of the molecule is CCNC(=NCc1cnc(C)s1)NC1CCN(C(=O)C(C)C)C1.I. The van der Waals surface area contributed by atoms with E-state index in [1.165, 1.54) is 0 Å². The fraction of sp³-hybridized carbons (Fsp3) is 0.688. The van der Waals surface area contributed by atoms with Crippen LogP contribution in [0, 0.1) is 12.8 Å². The van der Waals surface area contributed by atoms with E-state index in [1.54, 1.807) is 11.3 Å². The van der Waals surface area contributed by atoms with Crippen LogP contribution in [0.1, 0.15) is 37.1 Å². The molecule has 8 heteroatoms. The van der Waals surface area contributed by atoms with Gasteiger partial charge in [-0.1, -0.05) is 13.8 Å². The molecule has 0 radical (unpaired) electrons. The number of likely N-dealkylation sites (tertiary alicyclic amines) is 1. The van der Waals surface area contributed by atoms with Crippen molar-refractivity contribution in [1.82, 2.24) is 20.5 Å². The van der Waals surface area contributed by atoms with Gasteiger partial charge in [0.1, 0.15) is 0 Å². The summed E-state index contributed by atoms with van der Waals surface area (Å²) in [6.07, 6.45) is 2.84. The number of thiazole rings is 1. The Bertz CT molecular complexity index is 560. The first-order valence-corrected chi connectivity index (χ1v) is 9.06. The van der Waals surface area contributed by atoms with Crippen molar-refractivity contribution in [2.75, 3.05) is 19.6 Å². The van der Waals surface area contributed by atoms with Gasteiger partial charge in [-0.2, -0.15) is 0 Å². The van der Waals surface area contributed by atoms with Gasteiger partial charge < -0.3 is 15.5 Å². The van der Waals surface area contributed by atoms with Crippen molar-refractivity contribution in [2.24, 2.45) is 10.9 Å². The number of nitrogens with zero attached hydrogens (tertiary/aromatic N) is 3. The molecule has 1 atom stereocenters. The Hall–Kier alpha value is -0.900. The van der Waals surface area contributed by atoms with Crippen molar-refractivity contribution in [3.8, 4) is 0 Å². The summed E-state index contributed by atoms with van der Waals surface area (Å²) in [7, 11) is 0. The molecule has 1 amide bonds. The van der Waals surface area contributed by atoms with Crippen molar-refractivity contribution in [3.63, 3.8) is 0 Å². The summed E-state index contributed by atoms with van der Waals surface area (Å²) in [6, 6.07) is 0.263. The molecule has 1 aromatic rings. The second-order valence-corrected chi connectivity index (χ2v) is 7.43. The molecular formula is C16H28IN5OS. The molecule has 0 saturated carbocycles. The third-order valence-electron chi connectivity index (χ3n) is 3.74. The minimum atomic E-state index is 0. The first-order chi connectivity index (χ1) is 11.0. The van der Waals surface area contributed by atoms with Crippen LogP contribution < -0.4 is 10.6 Å². The van der Waals surface area contributed by atoms with Gasteiger partial charge in [0, 0.05) is 42.7 Å². The van der Waals surface area contributed by atoms with Crippen LogP contribution in [0.15, 0.2) is 11.2 Å². The number of halogens is 1. The molecular weight excluding hydrogens is 437 g/mol. The Balaban J connectivity index is 0.00000288. The Kier molecular flexibility index (Phi) is 8.96. The lowest BCUT2D eigenvalue weighted by Gasteiger charge is -2.20. The second kappa shape index (κ2) is 10.2. The number of carbonyl (C=O) groups excluding carboxylic acids is 1. The van der Waals surface area contributed by atoms with Gasteiger partial charge in [-0.05, 0) is 20.3 Å². The molecule has 24 heavy (non-hydrogen) atoms. The standard InChI is InChI=1S/C16H27N5OS.HI/c1-5-17-16(19-9-14-8-18-12(4)23-14)20-13-6-7-21(10-13)15(22)11(2)3;/h8,11,13H,5-7,9-10H2,1-4H3,(H2,17,19,20);1H. The van der Waals surface area contributed by atoms with Crippen LogP contribution in [0.2, 0.25) is 0 Å². The lowest BCUT2D eigenvalue weighted by Crippen LogP contribution is -2.45. The van der Waals surface area contributed by atoms with Gasteiger partial charge in [0.05, 0.1) is 11.6 Å². The third-order valence-corrected chi connectivity index (χ3v) is 4.64. The number of guanidine groups is 1. The van der Waals surface area contributed by atoms with Crippen molar-refractivity contribution in [2.45, 2.75) is 46.7 Å². The average Bonchev–Trinajstić information content (AvgIpc) is 3.13. The molecule has 0 spiro atoms. The maximum atomic E-state index is 12.1. The van der Waals surface area contributed by atoms with Gasteiger partial charge in [-0.15, -0.1) is 35.3 Å². The largest absolute Gasteiger partial charge is 0.357 e. The van der Waals surface area contributed by atoms with Crippen molar-refractivity contribution in [3.05, 3.63) is 16.1 Å². The van der Waals surface area contributed by atoms with Crippen LogP contribution in [0.4, 0.5) is 0 Å². The lowest BCUT2D eigenvalue weighted by atomic mass is 10.2. The van der Waals surface area contributed by atoms with Gasteiger partial charge in [0.25, 0.3) is 0 Å². The van der Waals surface area contributed by atoms with Crippen LogP contribution in [0.3, 0.4) is 0 Å². The van der Waals surface area contributed by atoms with E-state index in [0.717, 1.165) is 41.9 Å². The maximum absolute atomic E-state index is 12.1. The molecule has 0 bridgehead atoms. The summed E-state index contributed by atoms with van der Waals surface area (Å²) in [5.74, 6) is 1.10. The van der Waals surface area contributed by atoms with Gasteiger partial charge in [0.2, 0.25) is 5.91 Å². The summed E-state index contributed by atoms with van der Waals surface area (Å²) in [4.78, 5) is 24.0. The monoisotopic (exact) mass is 465 g/mol. The molecule has 1 saturated heterocycles. The number of rotatable bonds is 5. The van der Waals surface area contributed by atoms with Crippen molar-refractivity contribution < 1.29 is 4.79 Å².